The minimum absolute atomic E-state index is 0.0949. The van der Waals surface area contributed by atoms with Gasteiger partial charge in [0.05, 0.1) is 12.1 Å². The molecule has 0 saturated heterocycles. The molecule has 0 aromatic rings. The van der Waals surface area contributed by atoms with Crippen molar-refractivity contribution in [1.29, 1.82) is 0 Å². The third-order valence-corrected chi connectivity index (χ3v) is 2.05. The second-order valence-electron chi connectivity index (χ2n) is 2.93. The van der Waals surface area contributed by atoms with E-state index in [1.807, 2.05) is 13.8 Å². The minimum atomic E-state index is -0.899. The maximum atomic E-state index is 10.1. The van der Waals surface area contributed by atoms with Crippen LogP contribution < -0.4 is 5.32 Å². The number of aliphatic hydroxyl groups is 1. The van der Waals surface area contributed by atoms with Crippen LogP contribution >= 0.6 is 0 Å². The molecular weight excluding hydrogens is 158 g/mol. The fourth-order valence-corrected chi connectivity index (χ4v) is 0.902. The molecule has 0 atom stereocenters. The summed E-state index contributed by atoms with van der Waals surface area (Å²) in [6.45, 7) is 4.01. The van der Waals surface area contributed by atoms with Crippen LogP contribution in [0.25, 0.3) is 0 Å². The van der Waals surface area contributed by atoms with Crippen LogP contribution in [0.2, 0.25) is 0 Å². The monoisotopic (exact) mass is 175 g/mol. The zero-order chi connectivity index (χ0) is 9.61. The summed E-state index contributed by atoms with van der Waals surface area (Å²) in [5.74, 6) is -0.899. The Morgan fingerprint density at radius 1 is 1.42 bits per heavy atom. The van der Waals surface area contributed by atoms with Gasteiger partial charge in [-0.25, -0.2) is 0 Å². The van der Waals surface area contributed by atoms with Gasteiger partial charge in [-0.1, -0.05) is 13.8 Å². The molecule has 0 bridgehead atoms. The lowest BCUT2D eigenvalue weighted by Crippen LogP contribution is -2.41. The average Bonchev–Trinajstić information content (AvgIpc) is 2.03. The normalized spacial score (nSPS) is 11.6. The van der Waals surface area contributed by atoms with Crippen molar-refractivity contribution in [1.82, 2.24) is 5.32 Å². The van der Waals surface area contributed by atoms with Crippen LogP contribution in [0, 0.1) is 0 Å². The first-order chi connectivity index (χ1) is 5.54. The Morgan fingerprint density at radius 3 is 2.25 bits per heavy atom. The summed E-state index contributed by atoms with van der Waals surface area (Å²) in [6, 6.07) is 0. The second kappa shape index (κ2) is 5.11. The van der Waals surface area contributed by atoms with Crippen LogP contribution in [0.1, 0.15) is 26.7 Å². The number of carboxylic acid groups (broad SMARTS) is 1. The van der Waals surface area contributed by atoms with Gasteiger partial charge in [-0.2, -0.15) is 0 Å². The molecule has 4 nitrogen and oxygen atoms in total. The highest BCUT2D eigenvalue weighted by molar-refractivity contribution is 5.68. The van der Waals surface area contributed by atoms with Crippen LogP contribution in [0.4, 0.5) is 0 Å². The SMILES string of the molecule is CCC(O)(CC)CNCC(=O)O. The predicted octanol–water partition coefficient (Wildman–Crippen LogP) is 0.212. The van der Waals surface area contributed by atoms with E-state index in [0.717, 1.165) is 0 Å². The summed E-state index contributed by atoms with van der Waals surface area (Å²) in [7, 11) is 0. The molecule has 3 N–H and O–H groups in total. The molecule has 0 rings (SSSR count). The van der Waals surface area contributed by atoms with Crippen molar-refractivity contribution in [2.45, 2.75) is 32.3 Å². The molecule has 0 aliphatic heterocycles. The molecule has 0 heterocycles. The number of carboxylic acids is 1. The number of hydrogen-bond donors (Lipinski definition) is 3. The quantitative estimate of drug-likeness (QED) is 0.540. The van der Waals surface area contributed by atoms with Crippen molar-refractivity contribution in [3.05, 3.63) is 0 Å². The van der Waals surface area contributed by atoms with E-state index in [-0.39, 0.29) is 6.54 Å². The molecule has 4 heteroatoms. The van der Waals surface area contributed by atoms with Crippen LogP contribution in [0.15, 0.2) is 0 Å². The van der Waals surface area contributed by atoms with Gasteiger partial charge in [-0.05, 0) is 12.8 Å². The van der Waals surface area contributed by atoms with Gasteiger partial charge < -0.3 is 15.5 Å². The summed E-state index contributed by atoms with van der Waals surface area (Å²) >= 11 is 0. The number of carbonyl (C=O) groups is 1. The third kappa shape index (κ3) is 4.31. The van der Waals surface area contributed by atoms with Crippen molar-refractivity contribution < 1.29 is 15.0 Å². The molecule has 0 fully saturated rings. The Morgan fingerprint density at radius 2 is 1.92 bits per heavy atom. The van der Waals surface area contributed by atoms with Gasteiger partial charge in [0.25, 0.3) is 0 Å². The van der Waals surface area contributed by atoms with Gasteiger partial charge >= 0.3 is 5.97 Å². The molecule has 72 valence electrons. The first-order valence-corrected chi connectivity index (χ1v) is 4.19. The van der Waals surface area contributed by atoms with E-state index in [1.165, 1.54) is 0 Å². The molecule has 0 aliphatic carbocycles. The smallest absolute Gasteiger partial charge is 0.317 e. The molecule has 0 radical (unpaired) electrons. The van der Waals surface area contributed by atoms with E-state index in [4.69, 9.17) is 5.11 Å². The van der Waals surface area contributed by atoms with Gasteiger partial charge in [0.15, 0.2) is 0 Å². The Balaban J connectivity index is 3.65. The summed E-state index contributed by atoms with van der Waals surface area (Å²) in [5.41, 5.74) is -0.755. The Bertz CT molecular complexity index is 143. The lowest BCUT2D eigenvalue weighted by Gasteiger charge is -2.24. The van der Waals surface area contributed by atoms with Gasteiger partial charge in [0.2, 0.25) is 0 Å². The van der Waals surface area contributed by atoms with Crippen LogP contribution in [0.5, 0.6) is 0 Å². The van der Waals surface area contributed by atoms with Gasteiger partial charge in [-0.3, -0.25) is 4.79 Å². The summed E-state index contributed by atoms with van der Waals surface area (Å²) < 4.78 is 0. The lowest BCUT2D eigenvalue weighted by molar-refractivity contribution is -0.136. The van der Waals surface area contributed by atoms with Gasteiger partial charge in [0.1, 0.15) is 0 Å². The fraction of sp³-hybridized carbons (Fsp3) is 0.875. The van der Waals surface area contributed by atoms with Crippen molar-refractivity contribution in [2.24, 2.45) is 0 Å². The zero-order valence-corrected chi connectivity index (χ0v) is 7.63. The Labute approximate surface area is 72.6 Å². The fourth-order valence-electron chi connectivity index (χ4n) is 0.902. The Hall–Kier alpha value is -0.610. The third-order valence-electron chi connectivity index (χ3n) is 2.05. The largest absolute Gasteiger partial charge is 0.480 e. The Kier molecular flexibility index (Phi) is 4.85. The second-order valence-corrected chi connectivity index (χ2v) is 2.93. The summed E-state index contributed by atoms with van der Waals surface area (Å²) in [5, 5.41) is 20.7. The van der Waals surface area contributed by atoms with Crippen LogP contribution in [-0.4, -0.2) is 34.9 Å². The van der Waals surface area contributed by atoms with Gasteiger partial charge in [-0.15, -0.1) is 0 Å². The van der Waals surface area contributed by atoms with E-state index in [1.54, 1.807) is 0 Å². The molecular formula is C8H17NO3. The highest BCUT2D eigenvalue weighted by Crippen LogP contribution is 2.12. The van der Waals surface area contributed by atoms with E-state index in [9.17, 15) is 9.90 Å². The molecule has 0 unspecified atom stereocenters. The highest BCUT2D eigenvalue weighted by atomic mass is 16.4. The summed E-state index contributed by atoms with van der Waals surface area (Å²) in [6.07, 6.45) is 1.27. The molecule has 0 aromatic carbocycles. The molecule has 0 aliphatic rings. The van der Waals surface area contributed by atoms with Crippen molar-refractivity contribution in [3.8, 4) is 0 Å². The molecule has 0 aromatic heterocycles. The lowest BCUT2D eigenvalue weighted by atomic mass is 9.98. The predicted molar refractivity (Wildman–Crippen MR) is 46.0 cm³/mol. The van der Waals surface area contributed by atoms with Crippen LogP contribution in [-0.2, 0) is 4.79 Å². The van der Waals surface area contributed by atoms with Gasteiger partial charge in [0, 0.05) is 6.54 Å². The molecule has 0 spiro atoms. The number of nitrogens with one attached hydrogen (secondary N) is 1. The maximum absolute atomic E-state index is 10.1. The number of hydrogen-bond acceptors (Lipinski definition) is 3. The highest BCUT2D eigenvalue weighted by Gasteiger charge is 2.21. The van der Waals surface area contributed by atoms with E-state index >= 15 is 0 Å². The van der Waals surface area contributed by atoms with Crippen molar-refractivity contribution >= 4 is 5.97 Å². The number of rotatable bonds is 6. The first kappa shape index (κ1) is 11.4. The first-order valence-electron chi connectivity index (χ1n) is 4.19. The molecule has 0 amide bonds. The van der Waals surface area contributed by atoms with E-state index < -0.39 is 11.6 Å². The maximum Gasteiger partial charge on any atom is 0.317 e. The van der Waals surface area contributed by atoms with Crippen LogP contribution in [0.3, 0.4) is 0 Å². The van der Waals surface area contributed by atoms with Crippen molar-refractivity contribution in [2.75, 3.05) is 13.1 Å². The zero-order valence-electron chi connectivity index (χ0n) is 7.63. The van der Waals surface area contributed by atoms with Crippen molar-refractivity contribution in [3.63, 3.8) is 0 Å². The van der Waals surface area contributed by atoms with E-state index in [0.29, 0.717) is 19.4 Å². The van der Waals surface area contributed by atoms with E-state index in [2.05, 4.69) is 5.32 Å². The summed E-state index contributed by atoms with van der Waals surface area (Å²) in [4.78, 5) is 10.1. The topological polar surface area (TPSA) is 69.6 Å². The number of aliphatic carboxylic acids is 1. The average molecular weight is 175 g/mol. The molecule has 0 saturated carbocycles. The minimum Gasteiger partial charge on any atom is -0.480 e. The standard InChI is InChI=1S/C8H17NO3/c1-3-8(12,4-2)6-9-5-7(10)11/h9,12H,3-6H2,1-2H3,(H,10,11). The molecule has 12 heavy (non-hydrogen) atoms.